The number of benzene rings is 1. The molecule has 0 aliphatic heterocycles. The van der Waals surface area contributed by atoms with Crippen LogP contribution in [0.2, 0.25) is 0 Å². The minimum absolute atomic E-state index is 0.316. The lowest BCUT2D eigenvalue weighted by Crippen LogP contribution is -2.06. The van der Waals surface area contributed by atoms with Gasteiger partial charge in [0.2, 0.25) is 0 Å². The van der Waals surface area contributed by atoms with Gasteiger partial charge in [-0.05, 0) is 30.7 Å². The van der Waals surface area contributed by atoms with Crippen LogP contribution in [0.1, 0.15) is 21.6 Å². The highest BCUT2D eigenvalue weighted by Crippen LogP contribution is 2.25. The summed E-state index contributed by atoms with van der Waals surface area (Å²) in [6, 6.07) is 17.3. The number of pyridine rings is 1. The topological polar surface area (TPSA) is 55.1 Å². The van der Waals surface area contributed by atoms with E-state index < -0.39 is 5.97 Å². The summed E-state index contributed by atoms with van der Waals surface area (Å²) in [4.78, 5) is 15.8. The van der Waals surface area contributed by atoms with Gasteiger partial charge in [-0.25, -0.2) is 4.79 Å². The van der Waals surface area contributed by atoms with E-state index >= 15 is 0 Å². The summed E-state index contributed by atoms with van der Waals surface area (Å²) >= 11 is 0. The largest absolute Gasteiger partial charge is 0.478 e. The zero-order chi connectivity index (χ0) is 15.5. The average Bonchev–Trinajstić information content (AvgIpc) is 2.87. The molecule has 0 fully saturated rings. The molecule has 110 valence electrons. The zero-order valence-corrected chi connectivity index (χ0v) is 12.2. The van der Waals surface area contributed by atoms with Crippen LogP contribution in [0, 0.1) is 6.92 Å². The molecule has 0 radical (unpaired) electrons. The van der Waals surface area contributed by atoms with Crippen molar-refractivity contribution in [1.29, 1.82) is 0 Å². The molecule has 2 heterocycles. The second-order valence-electron chi connectivity index (χ2n) is 5.12. The second kappa shape index (κ2) is 5.85. The summed E-state index contributed by atoms with van der Waals surface area (Å²) in [7, 11) is 0. The number of hydrogen-bond acceptors (Lipinski definition) is 2. The molecular weight excluding hydrogens is 276 g/mol. The Labute approximate surface area is 128 Å². The van der Waals surface area contributed by atoms with E-state index in [0.29, 0.717) is 12.1 Å². The average molecular weight is 292 g/mol. The highest BCUT2D eigenvalue weighted by atomic mass is 16.4. The molecule has 0 amide bonds. The predicted octanol–water partition coefficient (Wildman–Crippen LogP) is 3.61. The first-order valence-electron chi connectivity index (χ1n) is 7.05. The van der Waals surface area contributed by atoms with Crippen LogP contribution in [0.5, 0.6) is 0 Å². The van der Waals surface area contributed by atoms with Gasteiger partial charge < -0.3 is 9.67 Å². The van der Waals surface area contributed by atoms with Crippen LogP contribution in [0.3, 0.4) is 0 Å². The van der Waals surface area contributed by atoms with Crippen LogP contribution >= 0.6 is 0 Å². The number of carbonyl (C=O) groups is 1. The molecule has 0 spiro atoms. The summed E-state index contributed by atoms with van der Waals surface area (Å²) in [5, 5.41) is 9.38. The van der Waals surface area contributed by atoms with Crippen LogP contribution in [0.4, 0.5) is 0 Å². The van der Waals surface area contributed by atoms with Crippen molar-refractivity contribution in [3.8, 4) is 11.4 Å². The molecule has 22 heavy (non-hydrogen) atoms. The van der Waals surface area contributed by atoms with Gasteiger partial charge in [-0.1, -0.05) is 36.4 Å². The molecule has 0 aliphatic carbocycles. The van der Waals surface area contributed by atoms with Gasteiger partial charge in [-0.3, -0.25) is 4.98 Å². The number of aromatic nitrogens is 2. The van der Waals surface area contributed by atoms with Crippen molar-refractivity contribution in [1.82, 2.24) is 9.55 Å². The van der Waals surface area contributed by atoms with Crippen molar-refractivity contribution < 1.29 is 9.90 Å². The second-order valence-corrected chi connectivity index (χ2v) is 5.12. The molecule has 0 bridgehead atoms. The van der Waals surface area contributed by atoms with Crippen molar-refractivity contribution in [2.75, 3.05) is 0 Å². The Morgan fingerprint density at radius 1 is 1.14 bits per heavy atom. The van der Waals surface area contributed by atoms with Gasteiger partial charge in [-0.15, -0.1) is 0 Å². The predicted molar refractivity (Wildman–Crippen MR) is 84.9 cm³/mol. The van der Waals surface area contributed by atoms with Gasteiger partial charge in [0, 0.05) is 18.4 Å². The Balaban J connectivity index is 2.12. The molecule has 0 aliphatic rings. The molecule has 0 saturated heterocycles. The first kappa shape index (κ1) is 14.1. The maximum Gasteiger partial charge on any atom is 0.337 e. The Morgan fingerprint density at radius 2 is 1.86 bits per heavy atom. The molecule has 2 aromatic heterocycles. The third-order valence-corrected chi connectivity index (χ3v) is 3.71. The number of hydrogen-bond donors (Lipinski definition) is 1. The Hall–Kier alpha value is -2.88. The minimum Gasteiger partial charge on any atom is -0.478 e. The van der Waals surface area contributed by atoms with Gasteiger partial charge in [0.25, 0.3) is 0 Å². The first-order chi connectivity index (χ1) is 10.7. The molecule has 0 unspecified atom stereocenters. The van der Waals surface area contributed by atoms with E-state index in [0.717, 1.165) is 22.6 Å². The van der Waals surface area contributed by atoms with E-state index in [1.807, 2.05) is 60.0 Å². The summed E-state index contributed by atoms with van der Waals surface area (Å²) in [6.45, 7) is 2.45. The molecular formula is C18H16N2O2. The molecule has 4 nitrogen and oxygen atoms in total. The van der Waals surface area contributed by atoms with Crippen molar-refractivity contribution in [2.45, 2.75) is 13.5 Å². The van der Waals surface area contributed by atoms with Crippen molar-refractivity contribution in [3.05, 3.63) is 77.6 Å². The van der Waals surface area contributed by atoms with Crippen LogP contribution < -0.4 is 0 Å². The highest BCUT2D eigenvalue weighted by molar-refractivity contribution is 5.91. The van der Waals surface area contributed by atoms with Crippen molar-refractivity contribution in [2.24, 2.45) is 0 Å². The monoisotopic (exact) mass is 292 g/mol. The summed E-state index contributed by atoms with van der Waals surface area (Å²) < 4.78 is 2.00. The number of carboxylic acids is 1. The standard InChI is InChI=1S/C18H16N2O2/c1-13-15(18(21)22)11-17(16-9-5-6-10-19-16)20(13)12-14-7-3-2-4-8-14/h2-11H,12H2,1H3,(H,21,22). The maximum atomic E-state index is 11.4. The van der Waals surface area contributed by atoms with Gasteiger partial charge in [-0.2, -0.15) is 0 Å². The van der Waals surface area contributed by atoms with Crippen molar-refractivity contribution in [3.63, 3.8) is 0 Å². The third kappa shape index (κ3) is 2.63. The Morgan fingerprint density at radius 3 is 2.50 bits per heavy atom. The molecule has 3 rings (SSSR count). The smallest absolute Gasteiger partial charge is 0.337 e. The normalized spacial score (nSPS) is 10.6. The summed E-state index contributed by atoms with van der Waals surface area (Å²) in [6.07, 6.45) is 1.71. The van der Waals surface area contributed by atoms with Crippen LogP contribution in [0.25, 0.3) is 11.4 Å². The Kier molecular flexibility index (Phi) is 3.74. The van der Waals surface area contributed by atoms with Crippen LogP contribution in [0.15, 0.2) is 60.8 Å². The van der Waals surface area contributed by atoms with Gasteiger partial charge in [0.1, 0.15) is 0 Å². The number of rotatable bonds is 4. The fourth-order valence-electron chi connectivity index (χ4n) is 2.56. The summed E-state index contributed by atoms with van der Waals surface area (Å²) in [5.74, 6) is -0.915. The van der Waals surface area contributed by atoms with E-state index in [9.17, 15) is 9.90 Å². The molecule has 4 heteroatoms. The lowest BCUT2D eigenvalue weighted by Gasteiger charge is -2.11. The number of carboxylic acid groups (broad SMARTS) is 1. The lowest BCUT2D eigenvalue weighted by molar-refractivity contribution is 0.0696. The molecule has 3 aromatic rings. The molecule has 0 atom stereocenters. The lowest BCUT2D eigenvalue weighted by atomic mass is 10.2. The third-order valence-electron chi connectivity index (χ3n) is 3.71. The quantitative estimate of drug-likeness (QED) is 0.799. The highest BCUT2D eigenvalue weighted by Gasteiger charge is 2.18. The fraction of sp³-hybridized carbons (Fsp3) is 0.111. The maximum absolute atomic E-state index is 11.4. The van der Waals surface area contributed by atoms with Gasteiger partial charge >= 0.3 is 5.97 Å². The number of aromatic carboxylic acids is 1. The molecule has 0 saturated carbocycles. The fourth-order valence-corrected chi connectivity index (χ4v) is 2.56. The van der Waals surface area contributed by atoms with Gasteiger partial charge in [0.15, 0.2) is 0 Å². The minimum atomic E-state index is -0.915. The van der Waals surface area contributed by atoms with Crippen molar-refractivity contribution >= 4 is 5.97 Å². The van der Waals surface area contributed by atoms with E-state index in [1.165, 1.54) is 0 Å². The summed E-state index contributed by atoms with van der Waals surface area (Å²) in [5.41, 5.74) is 3.76. The SMILES string of the molecule is Cc1c(C(=O)O)cc(-c2ccccn2)n1Cc1ccccc1. The van der Waals surface area contributed by atoms with Crippen LogP contribution in [-0.4, -0.2) is 20.6 Å². The first-order valence-corrected chi connectivity index (χ1v) is 7.05. The Bertz CT molecular complexity index is 793. The van der Waals surface area contributed by atoms with E-state index in [4.69, 9.17) is 0 Å². The molecule has 1 N–H and O–H groups in total. The number of nitrogens with zero attached hydrogens (tertiary/aromatic N) is 2. The van der Waals surface area contributed by atoms with Crippen LogP contribution in [-0.2, 0) is 6.54 Å². The molecule has 1 aromatic carbocycles. The zero-order valence-electron chi connectivity index (χ0n) is 12.2. The van der Waals surface area contributed by atoms with E-state index in [-0.39, 0.29) is 0 Å². The van der Waals surface area contributed by atoms with E-state index in [2.05, 4.69) is 4.98 Å². The van der Waals surface area contributed by atoms with Gasteiger partial charge in [0.05, 0.1) is 17.0 Å². The van der Waals surface area contributed by atoms with E-state index in [1.54, 1.807) is 12.3 Å².